The Morgan fingerprint density at radius 2 is 2.06 bits per heavy atom. The Morgan fingerprint density at radius 1 is 1.39 bits per heavy atom. The summed E-state index contributed by atoms with van der Waals surface area (Å²) in [4.78, 5) is 15.0. The number of piperidine rings is 1. The maximum Gasteiger partial charge on any atom is 0.417 e. The van der Waals surface area contributed by atoms with E-state index >= 15 is 0 Å². The fourth-order valence-electron chi connectivity index (χ4n) is 6.15. The van der Waals surface area contributed by atoms with Crippen molar-refractivity contribution >= 4 is 17.5 Å². The molecule has 1 aromatic rings. The molecule has 2 aliphatic rings. The predicted octanol–water partition coefficient (Wildman–Crippen LogP) is 5.12. The van der Waals surface area contributed by atoms with Crippen molar-refractivity contribution in [2.45, 2.75) is 70.7 Å². The summed E-state index contributed by atoms with van der Waals surface area (Å²) in [5.41, 5.74) is -2.88. The van der Waals surface area contributed by atoms with E-state index in [1.165, 1.54) is 7.11 Å². The topological polar surface area (TPSA) is 73.6 Å². The molecule has 1 saturated carbocycles. The number of amides is 1. The van der Waals surface area contributed by atoms with Crippen LogP contribution in [0.15, 0.2) is 12.1 Å². The number of ether oxygens (including phenoxy) is 1. The van der Waals surface area contributed by atoms with Crippen molar-refractivity contribution in [2.75, 3.05) is 13.7 Å². The highest BCUT2D eigenvalue weighted by atomic mass is 35.5. The van der Waals surface area contributed by atoms with Crippen LogP contribution in [-0.4, -0.2) is 47.4 Å². The van der Waals surface area contributed by atoms with Crippen LogP contribution in [0.5, 0.6) is 5.75 Å². The second kappa shape index (κ2) is 8.99. The van der Waals surface area contributed by atoms with Gasteiger partial charge in [-0.1, -0.05) is 24.9 Å². The quantitative estimate of drug-likeness (QED) is 0.641. The smallest absolute Gasteiger partial charge is 0.417 e. The highest BCUT2D eigenvalue weighted by Crippen LogP contribution is 2.58. The Bertz CT molecular complexity index is 959. The summed E-state index contributed by atoms with van der Waals surface area (Å²) in [6.07, 6.45) is -2.92. The third-order valence-electron chi connectivity index (χ3n) is 8.07. The number of benzene rings is 1. The van der Waals surface area contributed by atoms with Gasteiger partial charge in [0.15, 0.2) is 5.60 Å². The number of carbonyl (C=O) groups excluding carboxylic acids is 1. The third-order valence-corrected chi connectivity index (χ3v) is 8.48. The fourth-order valence-corrected chi connectivity index (χ4v) is 6.46. The highest BCUT2D eigenvalue weighted by molar-refractivity contribution is 6.33. The fraction of sp³-hybridized carbons (Fsp3) is 0.667. The molecule has 1 aliphatic heterocycles. The zero-order chi connectivity index (χ0) is 24.8. The van der Waals surface area contributed by atoms with Crippen LogP contribution in [0.4, 0.5) is 13.2 Å². The van der Waals surface area contributed by atoms with Crippen molar-refractivity contribution in [1.29, 1.82) is 5.26 Å². The molecule has 33 heavy (non-hydrogen) atoms. The van der Waals surface area contributed by atoms with Gasteiger partial charge in [-0.15, -0.1) is 0 Å². The van der Waals surface area contributed by atoms with Crippen LogP contribution in [0.1, 0.15) is 57.6 Å². The van der Waals surface area contributed by atoms with Gasteiger partial charge in [0.05, 0.1) is 30.2 Å². The molecule has 0 aromatic heterocycles. The lowest BCUT2D eigenvalue weighted by Gasteiger charge is -2.59. The normalized spacial score (nSPS) is 29.6. The van der Waals surface area contributed by atoms with Crippen molar-refractivity contribution in [3.05, 3.63) is 28.3 Å². The summed E-state index contributed by atoms with van der Waals surface area (Å²) in [6, 6.07) is 4.86. The molecule has 3 rings (SSSR count). The maximum atomic E-state index is 13.7. The van der Waals surface area contributed by atoms with Gasteiger partial charge in [0.1, 0.15) is 5.75 Å². The minimum absolute atomic E-state index is 0.101. The molecular formula is C24H30ClF3N2O3. The van der Waals surface area contributed by atoms with Gasteiger partial charge in [-0.05, 0) is 56.6 Å². The molecular weight excluding hydrogens is 457 g/mol. The van der Waals surface area contributed by atoms with Crippen LogP contribution >= 0.6 is 11.6 Å². The van der Waals surface area contributed by atoms with Crippen molar-refractivity contribution < 1.29 is 27.8 Å². The van der Waals surface area contributed by atoms with E-state index in [4.69, 9.17) is 16.3 Å². The highest BCUT2D eigenvalue weighted by Gasteiger charge is 2.63. The van der Waals surface area contributed by atoms with Gasteiger partial charge in [-0.25, -0.2) is 0 Å². The number of aliphatic hydroxyl groups is 1. The molecule has 1 heterocycles. The molecule has 5 atom stereocenters. The number of nitrogens with zero attached hydrogens (tertiary/aromatic N) is 2. The van der Waals surface area contributed by atoms with Crippen molar-refractivity contribution in [1.82, 2.24) is 4.90 Å². The first-order chi connectivity index (χ1) is 15.3. The number of methoxy groups -OCH3 is 1. The molecule has 5 nitrogen and oxygen atoms in total. The van der Waals surface area contributed by atoms with Gasteiger partial charge in [-0.2, -0.15) is 18.4 Å². The van der Waals surface area contributed by atoms with Gasteiger partial charge in [0.2, 0.25) is 5.91 Å². The van der Waals surface area contributed by atoms with E-state index in [1.54, 1.807) is 17.0 Å². The van der Waals surface area contributed by atoms with E-state index in [1.807, 2.05) is 19.9 Å². The van der Waals surface area contributed by atoms with Crippen LogP contribution in [0.25, 0.3) is 0 Å². The summed E-state index contributed by atoms with van der Waals surface area (Å²) >= 11 is 6.38. The Labute approximate surface area is 197 Å². The standard InChI is InChI=1S/C24H30ClF3N2O3/c1-14-17-6-5-7-19(23(3,32)24(26,27)28)22(17,2)10-11-30(14)20(31)12-16-15(13-29)8-9-18(33-4)21(16)25/h8-9,14,17,19,32H,5-7,10-12H2,1-4H3/t14-,17+,19+,22+,23?/m0/s1. The number of carbonyl (C=O) groups is 1. The van der Waals surface area contributed by atoms with E-state index in [2.05, 4.69) is 0 Å². The molecule has 1 amide bonds. The van der Waals surface area contributed by atoms with Crippen LogP contribution < -0.4 is 4.74 Å². The second-order valence-corrected chi connectivity index (χ2v) is 10.1. The summed E-state index contributed by atoms with van der Waals surface area (Å²) in [5, 5.41) is 20.2. The van der Waals surface area contributed by atoms with Crippen molar-refractivity contribution in [3.63, 3.8) is 0 Å². The number of fused-ring (bicyclic) bond motifs is 1. The molecule has 1 aromatic carbocycles. The molecule has 0 bridgehead atoms. The zero-order valence-corrected chi connectivity index (χ0v) is 20.1. The minimum Gasteiger partial charge on any atom is -0.495 e. The minimum atomic E-state index is -4.73. The first-order valence-corrected chi connectivity index (χ1v) is 11.5. The Balaban J connectivity index is 1.87. The second-order valence-electron chi connectivity index (χ2n) is 9.72. The van der Waals surface area contributed by atoms with E-state index in [0.717, 1.165) is 6.92 Å². The van der Waals surface area contributed by atoms with Crippen LogP contribution in [0, 0.1) is 28.6 Å². The van der Waals surface area contributed by atoms with E-state index in [9.17, 15) is 28.3 Å². The van der Waals surface area contributed by atoms with Crippen LogP contribution in [0.3, 0.4) is 0 Å². The zero-order valence-electron chi connectivity index (χ0n) is 19.3. The van der Waals surface area contributed by atoms with Crippen LogP contribution in [-0.2, 0) is 11.2 Å². The monoisotopic (exact) mass is 486 g/mol. The molecule has 1 unspecified atom stereocenters. The Hall–Kier alpha value is -1.98. The number of likely N-dealkylation sites (tertiary alicyclic amines) is 1. The molecule has 9 heteroatoms. The van der Waals surface area contributed by atoms with Gasteiger partial charge in [0, 0.05) is 24.1 Å². The number of rotatable bonds is 4. The number of alkyl halides is 3. The third kappa shape index (κ3) is 4.30. The lowest BCUT2D eigenvalue weighted by atomic mass is 9.52. The van der Waals surface area contributed by atoms with E-state index < -0.39 is 23.1 Å². The molecule has 1 N–H and O–H groups in total. The average molecular weight is 487 g/mol. The summed E-state index contributed by atoms with van der Waals surface area (Å²) in [6.45, 7) is 4.85. The maximum absolute atomic E-state index is 13.7. The van der Waals surface area contributed by atoms with Gasteiger partial charge in [-0.3, -0.25) is 4.79 Å². The molecule has 182 valence electrons. The van der Waals surface area contributed by atoms with Gasteiger partial charge < -0.3 is 14.7 Å². The summed E-state index contributed by atoms with van der Waals surface area (Å²) < 4.78 is 46.3. The Kier molecular flexibility index (Phi) is 6.99. The van der Waals surface area contributed by atoms with E-state index in [-0.39, 0.29) is 41.4 Å². The summed E-state index contributed by atoms with van der Waals surface area (Å²) in [5.74, 6) is -0.997. The average Bonchev–Trinajstić information content (AvgIpc) is 2.73. The molecule has 0 spiro atoms. The molecule has 1 aliphatic carbocycles. The largest absolute Gasteiger partial charge is 0.495 e. The Morgan fingerprint density at radius 3 is 2.64 bits per heavy atom. The predicted molar refractivity (Wildman–Crippen MR) is 118 cm³/mol. The number of hydrogen-bond acceptors (Lipinski definition) is 4. The van der Waals surface area contributed by atoms with E-state index in [0.29, 0.717) is 37.0 Å². The van der Waals surface area contributed by atoms with Gasteiger partial charge >= 0.3 is 6.18 Å². The first kappa shape index (κ1) is 25.6. The van der Waals surface area contributed by atoms with Crippen LogP contribution in [0.2, 0.25) is 5.02 Å². The first-order valence-electron chi connectivity index (χ1n) is 11.1. The number of nitriles is 1. The number of halogens is 4. The summed E-state index contributed by atoms with van der Waals surface area (Å²) in [7, 11) is 1.45. The van der Waals surface area contributed by atoms with Gasteiger partial charge in [0.25, 0.3) is 0 Å². The number of hydrogen-bond donors (Lipinski definition) is 1. The molecule has 0 radical (unpaired) electrons. The molecule has 2 fully saturated rings. The SMILES string of the molecule is COc1ccc(C#N)c(CC(=O)N2CC[C@]3(C)[C@H](CCC[C@H]3C(C)(O)C(F)(F)F)[C@@H]2C)c1Cl. The lowest BCUT2D eigenvalue weighted by Crippen LogP contribution is -2.63. The van der Waals surface area contributed by atoms with Crippen molar-refractivity contribution in [2.24, 2.45) is 17.3 Å². The van der Waals surface area contributed by atoms with Crippen molar-refractivity contribution in [3.8, 4) is 11.8 Å². The molecule has 1 saturated heterocycles. The lowest BCUT2D eigenvalue weighted by molar-refractivity contribution is -0.296.